The van der Waals surface area contributed by atoms with Gasteiger partial charge in [0.05, 0.1) is 16.7 Å². The molecule has 1 aromatic heterocycles. The van der Waals surface area contributed by atoms with Crippen molar-refractivity contribution in [1.29, 1.82) is 0 Å². The minimum absolute atomic E-state index is 0.107. The average molecular weight is 407 g/mol. The number of fused-ring (bicyclic) bond motifs is 1. The summed E-state index contributed by atoms with van der Waals surface area (Å²) in [6.45, 7) is 3.29. The van der Waals surface area contributed by atoms with E-state index in [1.807, 2.05) is 6.92 Å². The van der Waals surface area contributed by atoms with Crippen molar-refractivity contribution in [3.05, 3.63) is 51.9 Å². The van der Waals surface area contributed by atoms with Crippen LogP contribution in [0.15, 0.2) is 39.7 Å². The zero-order valence-electron chi connectivity index (χ0n) is 15.5. The second-order valence-corrected chi connectivity index (χ2v) is 8.75. The van der Waals surface area contributed by atoms with Gasteiger partial charge in [-0.3, -0.25) is 9.59 Å². The average Bonchev–Trinajstić information content (AvgIpc) is 2.64. The first-order chi connectivity index (χ1) is 13.1. The third kappa shape index (κ3) is 5.53. The standard InChI is InChI=1S/C19H21NO7S/c1-3-28(25,26)9-8-15(19(23)24)20-17(21)7-5-13-11-27-16-6-4-12(2)10-14(16)18(13)22/h4-7,10-11,15H,3,8-9H2,1-2H3,(H,20,21)(H,23,24)/b7-5+. The second-order valence-electron chi connectivity index (χ2n) is 6.28. The Morgan fingerprint density at radius 3 is 2.68 bits per heavy atom. The van der Waals surface area contributed by atoms with Crippen LogP contribution < -0.4 is 10.7 Å². The van der Waals surface area contributed by atoms with Gasteiger partial charge in [-0.05, 0) is 31.6 Å². The Labute approximate surface area is 161 Å². The van der Waals surface area contributed by atoms with Crippen LogP contribution in [0.4, 0.5) is 0 Å². The molecule has 2 aromatic rings. The molecule has 1 atom stereocenters. The molecule has 9 heteroatoms. The predicted octanol–water partition coefficient (Wildman–Crippen LogP) is 1.51. The highest BCUT2D eigenvalue weighted by Crippen LogP contribution is 2.13. The van der Waals surface area contributed by atoms with E-state index >= 15 is 0 Å². The van der Waals surface area contributed by atoms with E-state index in [-0.39, 0.29) is 28.9 Å². The number of nitrogens with one attached hydrogen (secondary N) is 1. The van der Waals surface area contributed by atoms with Crippen molar-refractivity contribution >= 4 is 38.8 Å². The highest BCUT2D eigenvalue weighted by atomic mass is 32.2. The van der Waals surface area contributed by atoms with E-state index in [9.17, 15) is 22.8 Å². The monoisotopic (exact) mass is 407 g/mol. The van der Waals surface area contributed by atoms with E-state index in [0.717, 1.165) is 11.6 Å². The molecule has 1 amide bonds. The Morgan fingerprint density at radius 2 is 2.04 bits per heavy atom. The Morgan fingerprint density at radius 1 is 1.32 bits per heavy atom. The summed E-state index contributed by atoms with van der Waals surface area (Å²) in [4.78, 5) is 35.7. The fourth-order valence-electron chi connectivity index (χ4n) is 2.46. The van der Waals surface area contributed by atoms with E-state index in [0.29, 0.717) is 11.0 Å². The molecular formula is C19H21NO7S. The molecular weight excluding hydrogens is 386 g/mol. The molecule has 2 N–H and O–H groups in total. The first-order valence-corrected chi connectivity index (χ1v) is 10.4. The molecule has 0 fully saturated rings. The molecule has 0 bridgehead atoms. The number of carbonyl (C=O) groups is 2. The fourth-order valence-corrected chi connectivity index (χ4v) is 3.34. The molecule has 1 heterocycles. The summed E-state index contributed by atoms with van der Waals surface area (Å²) in [6, 6.07) is 3.80. The molecule has 28 heavy (non-hydrogen) atoms. The number of sulfone groups is 1. The van der Waals surface area contributed by atoms with Crippen LogP contribution in [0.2, 0.25) is 0 Å². The minimum Gasteiger partial charge on any atom is -0.480 e. The number of rotatable bonds is 8. The van der Waals surface area contributed by atoms with Crippen molar-refractivity contribution in [2.45, 2.75) is 26.3 Å². The summed E-state index contributed by atoms with van der Waals surface area (Å²) in [5.74, 6) is -2.55. The largest absolute Gasteiger partial charge is 0.480 e. The van der Waals surface area contributed by atoms with E-state index < -0.39 is 27.8 Å². The molecule has 8 nitrogen and oxygen atoms in total. The zero-order chi connectivity index (χ0) is 20.9. The lowest BCUT2D eigenvalue weighted by atomic mass is 10.1. The van der Waals surface area contributed by atoms with E-state index in [1.54, 1.807) is 18.2 Å². The maximum atomic E-state index is 12.5. The number of hydrogen-bond donors (Lipinski definition) is 2. The molecule has 150 valence electrons. The van der Waals surface area contributed by atoms with Crippen molar-refractivity contribution in [3.8, 4) is 0 Å². The van der Waals surface area contributed by atoms with Crippen LogP contribution in [-0.2, 0) is 19.4 Å². The molecule has 0 aliphatic carbocycles. The van der Waals surface area contributed by atoms with Gasteiger partial charge in [0, 0.05) is 11.8 Å². The Bertz CT molecular complexity index is 1080. The molecule has 0 radical (unpaired) electrons. The highest BCUT2D eigenvalue weighted by molar-refractivity contribution is 7.91. The number of carbonyl (C=O) groups excluding carboxylic acids is 1. The Hall–Kier alpha value is -2.94. The van der Waals surface area contributed by atoms with Gasteiger partial charge in [0.2, 0.25) is 5.91 Å². The third-order valence-electron chi connectivity index (χ3n) is 4.14. The van der Waals surface area contributed by atoms with Gasteiger partial charge in [0.1, 0.15) is 27.7 Å². The van der Waals surface area contributed by atoms with Crippen LogP contribution in [-0.4, -0.2) is 42.9 Å². The summed E-state index contributed by atoms with van der Waals surface area (Å²) < 4.78 is 28.4. The molecule has 2 rings (SSSR count). The van der Waals surface area contributed by atoms with Crippen molar-refractivity contribution in [2.75, 3.05) is 11.5 Å². The number of hydrogen-bond acceptors (Lipinski definition) is 6. The van der Waals surface area contributed by atoms with E-state index in [2.05, 4.69) is 5.32 Å². The normalized spacial score (nSPS) is 12.9. The number of amides is 1. The molecule has 0 aliphatic rings. The maximum Gasteiger partial charge on any atom is 0.326 e. The molecule has 1 unspecified atom stereocenters. The minimum atomic E-state index is -3.36. The van der Waals surface area contributed by atoms with Crippen LogP contribution >= 0.6 is 0 Å². The van der Waals surface area contributed by atoms with Crippen molar-refractivity contribution in [1.82, 2.24) is 5.32 Å². The van der Waals surface area contributed by atoms with Gasteiger partial charge in [0.25, 0.3) is 0 Å². The quantitative estimate of drug-likeness (QED) is 0.634. The van der Waals surface area contributed by atoms with Crippen LogP contribution in [0, 0.1) is 6.92 Å². The SMILES string of the molecule is CCS(=O)(=O)CCC(NC(=O)/C=C/c1coc2ccc(C)cc2c1=O)C(=O)O. The maximum absolute atomic E-state index is 12.5. The first-order valence-electron chi connectivity index (χ1n) is 8.57. The van der Waals surface area contributed by atoms with Gasteiger partial charge < -0.3 is 14.8 Å². The summed E-state index contributed by atoms with van der Waals surface area (Å²) in [5.41, 5.74) is 1.11. The van der Waals surface area contributed by atoms with Gasteiger partial charge in [-0.25, -0.2) is 13.2 Å². The smallest absolute Gasteiger partial charge is 0.326 e. The number of carboxylic acid groups (broad SMARTS) is 1. The van der Waals surface area contributed by atoms with Crippen LogP contribution in [0.25, 0.3) is 17.0 Å². The Balaban J connectivity index is 2.13. The van der Waals surface area contributed by atoms with Gasteiger partial charge in [0.15, 0.2) is 5.43 Å². The summed E-state index contributed by atoms with van der Waals surface area (Å²) in [6.07, 6.45) is 3.21. The molecule has 0 spiro atoms. The number of aryl methyl sites for hydroxylation is 1. The first kappa shape index (κ1) is 21.4. The zero-order valence-corrected chi connectivity index (χ0v) is 16.3. The van der Waals surface area contributed by atoms with Gasteiger partial charge in [-0.15, -0.1) is 0 Å². The lowest BCUT2D eigenvalue weighted by Crippen LogP contribution is -2.41. The number of carboxylic acids is 1. The fraction of sp³-hybridized carbons (Fsp3) is 0.316. The van der Waals surface area contributed by atoms with Crippen molar-refractivity contribution in [3.63, 3.8) is 0 Å². The van der Waals surface area contributed by atoms with Crippen LogP contribution in [0.3, 0.4) is 0 Å². The molecule has 0 saturated heterocycles. The van der Waals surface area contributed by atoms with Crippen molar-refractivity contribution < 1.29 is 27.5 Å². The lowest BCUT2D eigenvalue weighted by Gasteiger charge is -2.12. The summed E-state index contributed by atoms with van der Waals surface area (Å²) >= 11 is 0. The van der Waals surface area contributed by atoms with Crippen LogP contribution in [0.1, 0.15) is 24.5 Å². The van der Waals surface area contributed by atoms with Crippen LogP contribution in [0.5, 0.6) is 0 Å². The van der Waals surface area contributed by atoms with Gasteiger partial charge in [-0.2, -0.15) is 0 Å². The highest BCUT2D eigenvalue weighted by Gasteiger charge is 2.21. The molecule has 0 aliphatic heterocycles. The molecule has 1 aromatic carbocycles. The molecule has 0 saturated carbocycles. The number of benzene rings is 1. The third-order valence-corrected chi connectivity index (χ3v) is 5.88. The Kier molecular flexibility index (Phi) is 6.74. The summed E-state index contributed by atoms with van der Waals surface area (Å²) in [7, 11) is -3.36. The topological polar surface area (TPSA) is 131 Å². The van der Waals surface area contributed by atoms with E-state index in [1.165, 1.54) is 19.3 Å². The van der Waals surface area contributed by atoms with Gasteiger partial charge in [-0.1, -0.05) is 18.6 Å². The van der Waals surface area contributed by atoms with Crippen molar-refractivity contribution in [2.24, 2.45) is 0 Å². The predicted molar refractivity (Wildman–Crippen MR) is 105 cm³/mol. The second kappa shape index (κ2) is 8.83. The lowest BCUT2D eigenvalue weighted by molar-refractivity contribution is -0.141. The van der Waals surface area contributed by atoms with Gasteiger partial charge >= 0.3 is 5.97 Å². The number of aliphatic carboxylic acids is 1. The van der Waals surface area contributed by atoms with E-state index in [4.69, 9.17) is 9.52 Å². The summed E-state index contributed by atoms with van der Waals surface area (Å²) in [5, 5.41) is 11.8.